The fourth-order valence-corrected chi connectivity index (χ4v) is 4.62. The van der Waals surface area contributed by atoms with E-state index in [0.29, 0.717) is 60.8 Å². The minimum Gasteiger partial charge on any atom is -0.495 e. The van der Waals surface area contributed by atoms with E-state index in [-0.39, 0.29) is 17.6 Å². The van der Waals surface area contributed by atoms with E-state index in [1.807, 2.05) is 55.5 Å². The van der Waals surface area contributed by atoms with Crippen molar-refractivity contribution < 1.29 is 23.5 Å². The minimum absolute atomic E-state index is 0.120. The molecule has 2 heterocycles. The number of para-hydroxylation sites is 4. The monoisotopic (exact) mass is 499 g/mol. The van der Waals surface area contributed by atoms with Crippen molar-refractivity contribution in [3.63, 3.8) is 0 Å². The van der Waals surface area contributed by atoms with Gasteiger partial charge >= 0.3 is 0 Å². The van der Waals surface area contributed by atoms with Gasteiger partial charge in [-0.05, 0) is 43.3 Å². The second-order valence-corrected chi connectivity index (χ2v) is 8.64. The van der Waals surface area contributed by atoms with Crippen LogP contribution in [0.4, 0.5) is 11.4 Å². The Balaban J connectivity index is 1.39. The Morgan fingerprint density at radius 2 is 1.57 bits per heavy atom. The molecule has 0 aliphatic carbocycles. The van der Waals surface area contributed by atoms with Gasteiger partial charge in [-0.25, -0.2) is 0 Å². The lowest BCUT2D eigenvalue weighted by Crippen LogP contribution is -2.49. The molecule has 2 amide bonds. The number of carbonyl (C=O) groups is 2. The standard InChI is InChI=1S/C29H29N3O5/c1-3-36-23-13-7-5-11-21(23)28(33)30-26-20-10-4-8-14-24(20)37-27(26)29(34)32-18-16-31(17-19-32)22-12-6-9-15-25(22)35-2/h4-15H,3,16-19H2,1-2H3,(H,30,33). The molecule has 1 N–H and O–H groups in total. The SMILES string of the molecule is CCOc1ccccc1C(=O)Nc1c(C(=O)N2CCN(c3ccccc3OC)CC2)oc2ccccc12. The summed E-state index contributed by atoms with van der Waals surface area (Å²) in [5.74, 6) is 0.775. The van der Waals surface area contributed by atoms with Gasteiger partial charge in [0.05, 0.1) is 25.0 Å². The number of carbonyl (C=O) groups excluding carboxylic acids is 2. The van der Waals surface area contributed by atoms with E-state index in [1.54, 1.807) is 36.3 Å². The van der Waals surface area contributed by atoms with E-state index in [1.165, 1.54) is 0 Å². The molecule has 5 rings (SSSR count). The van der Waals surface area contributed by atoms with Crippen LogP contribution in [0.3, 0.4) is 0 Å². The van der Waals surface area contributed by atoms with E-state index < -0.39 is 0 Å². The number of hydrogen-bond acceptors (Lipinski definition) is 6. The molecule has 0 saturated carbocycles. The molecular weight excluding hydrogens is 470 g/mol. The van der Waals surface area contributed by atoms with Gasteiger partial charge < -0.3 is 29.0 Å². The van der Waals surface area contributed by atoms with Crippen molar-refractivity contribution in [3.05, 3.63) is 84.1 Å². The topological polar surface area (TPSA) is 84.2 Å². The fraction of sp³-hybridized carbons (Fsp3) is 0.241. The molecule has 1 aromatic heterocycles. The normalized spacial score (nSPS) is 13.5. The highest BCUT2D eigenvalue weighted by Gasteiger charge is 2.30. The van der Waals surface area contributed by atoms with Crippen molar-refractivity contribution in [3.8, 4) is 11.5 Å². The van der Waals surface area contributed by atoms with Gasteiger partial charge in [0.2, 0.25) is 5.76 Å². The minimum atomic E-state index is -0.370. The van der Waals surface area contributed by atoms with Crippen molar-refractivity contribution in [2.24, 2.45) is 0 Å². The summed E-state index contributed by atoms with van der Waals surface area (Å²) < 4.78 is 17.1. The zero-order chi connectivity index (χ0) is 25.8. The van der Waals surface area contributed by atoms with Crippen LogP contribution in [0.1, 0.15) is 27.8 Å². The van der Waals surface area contributed by atoms with Gasteiger partial charge in [-0.3, -0.25) is 9.59 Å². The van der Waals surface area contributed by atoms with Crippen LogP contribution in [0.25, 0.3) is 11.0 Å². The molecule has 0 unspecified atom stereocenters. The third-order valence-corrected chi connectivity index (χ3v) is 6.45. The summed E-state index contributed by atoms with van der Waals surface area (Å²) in [4.78, 5) is 30.9. The van der Waals surface area contributed by atoms with Gasteiger partial charge in [0.1, 0.15) is 22.8 Å². The lowest BCUT2D eigenvalue weighted by atomic mass is 10.1. The van der Waals surface area contributed by atoms with Crippen molar-refractivity contribution in [1.82, 2.24) is 4.90 Å². The van der Waals surface area contributed by atoms with Crippen molar-refractivity contribution in [1.29, 1.82) is 0 Å². The van der Waals surface area contributed by atoms with Crippen LogP contribution < -0.4 is 19.7 Å². The third kappa shape index (κ3) is 4.82. The summed E-state index contributed by atoms with van der Waals surface area (Å²) in [6.07, 6.45) is 0. The number of piperazine rings is 1. The average Bonchev–Trinajstić information content (AvgIpc) is 3.31. The molecular formula is C29H29N3O5. The smallest absolute Gasteiger partial charge is 0.291 e. The first-order valence-electron chi connectivity index (χ1n) is 12.3. The molecule has 8 heteroatoms. The molecule has 0 atom stereocenters. The second-order valence-electron chi connectivity index (χ2n) is 8.64. The molecule has 0 bridgehead atoms. The van der Waals surface area contributed by atoms with Gasteiger partial charge in [-0.1, -0.05) is 36.4 Å². The third-order valence-electron chi connectivity index (χ3n) is 6.45. The Labute approximate surface area is 215 Å². The van der Waals surface area contributed by atoms with Gasteiger partial charge in [-0.2, -0.15) is 0 Å². The van der Waals surface area contributed by atoms with E-state index in [4.69, 9.17) is 13.9 Å². The maximum absolute atomic E-state index is 13.7. The predicted molar refractivity (Wildman–Crippen MR) is 143 cm³/mol. The molecule has 190 valence electrons. The Kier molecular flexibility index (Phi) is 6.98. The molecule has 1 aliphatic heterocycles. The highest BCUT2D eigenvalue weighted by Crippen LogP contribution is 2.34. The van der Waals surface area contributed by atoms with E-state index in [9.17, 15) is 9.59 Å². The number of furan rings is 1. The maximum atomic E-state index is 13.7. The van der Waals surface area contributed by atoms with Gasteiger partial charge in [0, 0.05) is 31.6 Å². The Morgan fingerprint density at radius 3 is 2.32 bits per heavy atom. The van der Waals surface area contributed by atoms with Crippen LogP contribution in [-0.2, 0) is 0 Å². The molecule has 37 heavy (non-hydrogen) atoms. The number of nitrogens with one attached hydrogen (secondary N) is 1. The van der Waals surface area contributed by atoms with Crippen LogP contribution in [0, 0.1) is 0 Å². The zero-order valence-corrected chi connectivity index (χ0v) is 20.9. The Bertz CT molecular complexity index is 1420. The van der Waals surface area contributed by atoms with Crippen LogP contribution in [0.5, 0.6) is 11.5 Å². The summed E-state index contributed by atoms with van der Waals surface area (Å²) in [7, 11) is 1.66. The molecule has 1 saturated heterocycles. The summed E-state index contributed by atoms with van der Waals surface area (Å²) in [6, 6.07) is 22.2. The van der Waals surface area contributed by atoms with Crippen LogP contribution in [-0.4, -0.2) is 56.6 Å². The number of nitrogens with zero attached hydrogens (tertiary/aromatic N) is 2. The van der Waals surface area contributed by atoms with Crippen LogP contribution in [0.2, 0.25) is 0 Å². The first kappa shape index (κ1) is 24.2. The molecule has 8 nitrogen and oxygen atoms in total. The van der Waals surface area contributed by atoms with Gasteiger partial charge in [0.15, 0.2) is 0 Å². The summed E-state index contributed by atoms with van der Waals surface area (Å²) >= 11 is 0. The fourth-order valence-electron chi connectivity index (χ4n) is 4.62. The largest absolute Gasteiger partial charge is 0.495 e. The molecule has 1 fully saturated rings. The average molecular weight is 500 g/mol. The highest BCUT2D eigenvalue weighted by molar-refractivity contribution is 6.15. The molecule has 0 spiro atoms. The van der Waals surface area contributed by atoms with Gasteiger partial charge in [-0.15, -0.1) is 0 Å². The number of benzene rings is 3. The number of amides is 2. The zero-order valence-electron chi connectivity index (χ0n) is 20.9. The van der Waals surface area contributed by atoms with Crippen molar-refractivity contribution in [2.45, 2.75) is 6.92 Å². The molecule has 0 radical (unpaired) electrons. The second kappa shape index (κ2) is 10.7. The lowest BCUT2D eigenvalue weighted by molar-refractivity contribution is 0.0718. The number of ether oxygens (including phenoxy) is 2. The first-order valence-corrected chi connectivity index (χ1v) is 12.3. The summed E-state index contributed by atoms with van der Waals surface area (Å²) in [5, 5.41) is 3.60. The Hall–Kier alpha value is -4.46. The predicted octanol–water partition coefficient (Wildman–Crippen LogP) is 5.05. The van der Waals surface area contributed by atoms with Crippen LogP contribution >= 0.6 is 0 Å². The summed E-state index contributed by atoms with van der Waals surface area (Å²) in [6.45, 7) is 4.61. The van der Waals surface area contributed by atoms with Crippen molar-refractivity contribution in [2.75, 3.05) is 50.1 Å². The van der Waals surface area contributed by atoms with E-state index in [2.05, 4.69) is 10.2 Å². The number of methoxy groups -OCH3 is 1. The van der Waals surface area contributed by atoms with Crippen molar-refractivity contribution >= 4 is 34.2 Å². The van der Waals surface area contributed by atoms with Gasteiger partial charge in [0.25, 0.3) is 11.8 Å². The number of rotatable bonds is 7. The first-order chi connectivity index (χ1) is 18.1. The summed E-state index contributed by atoms with van der Waals surface area (Å²) in [5.41, 5.74) is 2.29. The number of hydrogen-bond donors (Lipinski definition) is 1. The number of fused-ring (bicyclic) bond motifs is 1. The van der Waals surface area contributed by atoms with E-state index in [0.717, 1.165) is 11.4 Å². The quantitative estimate of drug-likeness (QED) is 0.383. The maximum Gasteiger partial charge on any atom is 0.291 e. The van der Waals surface area contributed by atoms with E-state index >= 15 is 0 Å². The molecule has 3 aromatic carbocycles. The molecule has 1 aliphatic rings. The van der Waals surface area contributed by atoms with Crippen LogP contribution in [0.15, 0.2) is 77.2 Å². The lowest BCUT2D eigenvalue weighted by Gasteiger charge is -2.36. The highest BCUT2D eigenvalue weighted by atomic mass is 16.5. The molecule has 4 aromatic rings. The Morgan fingerprint density at radius 1 is 0.892 bits per heavy atom. The number of anilines is 2.